The Morgan fingerprint density at radius 1 is 0.800 bits per heavy atom. The molecule has 5 heteroatoms. The van der Waals surface area contributed by atoms with Gasteiger partial charge in [0, 0.05) is 29.8 Å². The van der Waals surface area contributed by atoms with Gasteiger partial charge in [0.1, 0.15) is 6.10 Å². The van der Waals surface area contributed by atoms with Crippen LogP contribution in [-0.4, -0.2) is 17.7 Å². The van der Waals surface area contributed by atoms with E-state index in [1.165, 1.54) is 48.1 Å². The molecule has 4 unspecified atom stereocenters. The zero-order valence-corrected chi connectivity index (χ0v) is 19.7. The number of hydrogen-bond acceptors (Lipinski definition) is 5. The van der Waals surface area contributed by atoms with Crippen molar-refractivity contribution in [2.24, 2.45) is 5.92 Å². The van der Waals surface area contributed by atoms with Crippen molar-refractivity contribution in [2.45, 2.75) is 50.4 Å². The summed E-state index contributed by atoms with van der Waals surface area (Å²) in [5, 5.41) is 0. The molecule has 1 N–H and O–H groups in total. The summed E-state index contributed by atoms with van der Waals surface area (Å²) >= 11 is 0. The van der Waals surface area contributed by atoms with E-state index in [1.54, 1.807) is 0 Å². The lowest BCUT2D eigenvalue weighted by atomic mass is 9.72. The molecule has 0 bridgehead atoms. The average molecular weight is 467 g/mol. The third-order valence-corrected chi connectivity index (χ3v) is 8.06. The molecule has 3 aromatic rings. The quantitative estimate of drug-likeness (QED) is 0.506. The van der Waals surface area contributed by atoms with Crippen LogP contribution in [0.4, 0.5) is 0 Å². The van der Waals surface area contributed by atoms with Gasteiger partial charge >= 0.3 is 0 Å². The van der Waals surface area contributed by atoms with Gasteiger partial charge < -0.3 is 9.47 Å². The molecule has 0 radical (unpaired) electrons. The Hall–Kier alpha value is -3.28. The van der Waals surface area contributed by atoms with Crippen molar-refractivity contribution in [1.29, 1.82) is 0 Å². The molecule has 3 aliphatic heterocycles. The molecule has 0 aromatic heterocycles. The van der Waals surface area contributed by atoms with E-state index in [0.29, 0.717) is 12.0 Å². The van der Waals surface area contributed by atoms with Crippen molar-refractivity contribution in [3.63, 3.8) is 0 Å². The van der Waals surface area contributed by atoms with Crippen molar-refractivity contribution in [1.82, 2.24) is 10.4 Å². The van der Waals surface area contributed by atoms with E-state index < -0.39 is 0 Å². The monoisotopic (exact) mass is 466 g/mol. The first-order chi connectivity index (χ1) is 17.4. The summed E-state index contributed by atoms with van der Waals surface area (Å²) in [5.74, 6) is 2.06. The van der Waals surface area contributed by atoms with Crippen LogP contribution in [0.1, 0.15) is 54.5 Å². The topological polar surface area (TPSA) is 43.0 Å². The fourth-order valence-corrected chi connectivity index (χ4v) is 6.51. The first-order valence-corrected chi connectivity index (χ1v) is 12.8. The second-order valence-corrected chi connectivity index (χ2v) is 10.0. The normalized spacial score (nSPS) is 27.3. The van der Waals surface area contributed by atoms with Gasteiger partial charge in [0.05, 0.1) is 6.04 Å². The van der Waals surface area contributed by atoms with E-state index in [-0.39, 0.29) is 18.9 Å². The van der Waals surface area contributed by atoms with Gasteiger partial charge in [0.2, 0.25) is 6.79 Å². The number of fused-ring (bicyclic) bond motifs is 3. The summed E-state index contributed by atoms with van der Waals surface area (Å²) in [6.07, 6.45) is 4.78. The lowest BCUT2D eigenvalue weighted by molar-refractivity contribution is 0.0332. The van der Waals surface area contributed by atoms with Crippen LogP contribution in [0.2, 0.25) is 0 Å². The third-order valence-electron chi connectivity index (χ3n) is 8.06. The number of nitrogens with zero attached hydrogens (tertiary/aromatic N) is 1. The number of ether oxygens (including phenoxy) is 2. The van der Waals surface area contributed by atoms with Gasteiger partial charge in [-0.05, 0) is 41.7 Å². The maximum absolute atomic E-state index is 6.40. The fourth-order valence-electron chi connectivity index (χ4n) is 6.51. The van der Waals surface area contributed by atoms with Crippen LogP contribution in [0.25, 0.3) is 0 Å². The minimum atomic E-state index is -0.175. The highest BCUT2D eigenvalue weighted by molar-refractivity contribution is 5.49. The Morgan fingerprint density at radius 2 is 1.57 bits per heavy atom. The Kier molecular flexibility index (Phi) is 5.25. The summed E-state index contributed by atoms with van der Waals surface area (Å²) in [7, 11) is 0. The molecule has 0 saturated heterocycles. The zero-order chi connectivity index (χ0) is 23.2. The first kappa shape index (κ1) is 21.0. The highest BCUT2D eigenvalue weighted by Crippen LogP contribution is 2.53. The largest absolute Gasteiger partial charge is 0.454 e. The predicted molar refractivity (Wildman–Crippen MR) is 133 cm³/mol. The van der Waals surface area contributed by atoms with Crippen molar-refractivity contribution in [3.05, 3.63) is 107 Å². The van der Waals surface area contributed by atoms with E-state index in [0.717, 1.165) is 23.6 Å². The maximum Gasteiger partial charge on any atom is 0.231 e. The van der Waals surface area contributed by atoms with E-state index in [1.807, 2.05) is 6.07 Å². The van der Waals surface area contributed by atoms with E-state index in [4.69, 9.17) is 14.3 Å². The zero-order valence-electron chi connectivity index (χ0n) is 19.7. The fraction of sp³-hybridized carbons (Fsp3) is 0.333. The number of hydroxylamine groups is 1. The molecule has 3 aromatic carbocycles. The van der Waals surface area contributed by atoms with Gasteiger partial charge in [-0.25, -0.2) is 0 Å². The van der Waals surface area contributed by atoms with Crippen LogP contribution in [0.3, 0.4) is 0 Å². The molecular weight excluding hydrogens is 436 g/mol. The van der Waals surface area contributed by atoms with Gasteiger partial charge in [-0.2, -0.15) is 0 Å². The second-order valence-electron chi connectivity index (χ2n) is 10.0. The van der Waals surface area contributed by atoms with Crippen molar-refractivity contribution >= 4 is 0 Å². The van der Waals surface area contributed by atoms with Crippen LogP contribution in [0.15, 0.2) is 90.1 Å². The average Bonchev–Trinajstić information content (AvgIpc) is 3.57. The number of hydrogen-bond donors (Lipinski definition) is 1. The van der Waals surface area contributed by atoms with Crippen LogP contribution in [-0.2, 0) is 11.4 Å². The summed E-state index contributed by atoms with van der Waals surface area (Å²) in [4.78, 5) is 9.15. The number of nitrogens with one attached hydrogen (secondary N) is 1. The Bertz CT molecular complexity index is 1240. The molecule has 1 saturated carbocycles. The van der Waals surface area contributed by atoms with Gasteiger partial charge in [-0.3, -0.25) is 15.2 Å². The molecule has 0 amide bonds. The maximum atomic E-state index is 6.40. The SMILES string of the molecule is c1ccc(CN2C(c3ccccc3)C3=C(NOC3c3ccc4c(c3)OCO4)C3CCCCC32)cc1. The molecular formula is C30H30N2O3. The molecule has 5 nitrogen and oxygen atoms in total. The minimum Gasteiger partial charge on any atom is -0.454 e. The van der Waals surface area contributed by atoms with Gasteiger partial charge in [-0.15, -0.1) is 0 Å². The highest BCUT2D eigenvalue weighted by Gasteiger charge is 2.49. The minimum absolute atomic E-state index is 0.135. The summed E-state index contributed by atoms with van der Waals surface area (Å²) in [6.45, 7) is 1.20. The van der Waals surface area contributed by atoms with Gasteiger partial charge in [-0.1, -0.05) is 79.6 Å². The molecule has 1 aliphatic carbocycles. The third kappa shape index (κ3) is 3.62. The molecule has 7 rings (SSSR count). The molecule has 35 heavy (non-hydrogen) atoms. The Balaban J connectivity index is 1.37. The highest BCUT2D eigenvalue weighted by atomic mass is 16.7. The van der Waals surface area contributed by atoms with Crippen molar-refractivity contribution in [3.8, 4) is 11.5 Å². The molecule has 4 atom stereocenters. The van der Waals surface area contributed by atoms with Gasteiger partial charge in [0.25, 0.3) is 0 Å². The summed E-state index contributed by atoms with van der Waals surface area (Å²) in [6, 6.07) is 28.7. The number of rotatable bonds is 4. The first-order valence-electron chi connectivity index (χ1n) is 12.8. The molecule has 4 aliphatic rings. The van der Waals surface area contributed by atoms with Crippen LogP contribution in [0.5, 0.6) is 11.5 Å². The van der Waals surface area contributed by atoms with E-state index >= 15 is 0 Å². The van der Waals surface area contributed by atoms with E-state index in [9.17, 15) is 0 Å². The Morgan fingerprint density at radius 3 is 2.43 bits per heavy atom. The second kappa shape index (κ2) is 8.74. The molecule has 1 fully saturated rings. The lowest BCUT2D eigenvalue weighted by Gasteiger charge is -2.49. The van der Waals surface area contributed by atoms with Crippen LogP contribution < -0.4 is 15.0 Å². The lowest BCUT2D eigenvalue weighted by Crippen LogP contribution is -2.50. The Labute approximate surface area is 206 Å². The molecule has 3 heterocycles. The summed E-state index contributed by atoms with van der Waals surface area (Å²) < 4.78 is 11.3. The van der Waals surface area contributed by atoms with Crippen molar-refractivity contribution in [2.75, 3.05) is 6.79 Å². The summed E-state index contributed by atoms with van der Waals surface area (Å²) in [5.41, 5.74) is 9.85. The molecule has 0 spiro atoms. The standard InChI is InChI=1S/C30H30N2O3/c1-3-9-20(10-4-1)18-32-24-14-8-7-13-23(24)28-27(29(32)21-11-5-2-6-12-21)30(35-31-28)22-15-16-25-26(17-22)34-19-33-25/h1-6,9-12,15-17,23-24,29-31H,7-8,13-14,18-19H2. The van der Waals surface area contributed by atoms with Crippen LogP contribution in [0, 0.1) is 5.92 Å². The number of benzene rings is 3. The predicted octanol–water partition coefficient (Wildman–Crippen LogP) is 6.06. The van der Waals surface area contributed by atoms with Crippen LogP contribution >= 0.6 is 0 Å². The van der Waals surface area contributed by atoms with E-state index in [2.05, 4.69) is 83.2 Å². The molecule has 178 valence electrons. The van der Waals surface area contributed by atoms with Crippen molar-refractivity contribution < 1.29 is 14.3 Å². The smallest absolute Gasteiger partial charge is 0.231 e. The van der Waals surface area contributed by atoms with Gasteiger partial charge in [0.15, 0.2) is 11.5 Å².